The van der Waals surface area contributed by atoms with Gasteiger partial charge >= 0.3 is 0 Å². The molecule has 86 valence electrons. The molecule has 0 saturated carbocycles. The van der Waals surface area contributed by atoms with Crippen molar-refractivity contribution in [2.24, 2.45) is 0 Å². The van der Waals surface area contributed by atoms with Gasteiger partial charge in [0.1, 0.15) is 0 Å². The van der Waals surface area contributed by atoms with Crippen molar-refractivity contribution in [3.05, 3.63) is 63.6 Å². The zero-order valence-corrected chi connectivity index (χ0v) is 12.0. The molecular weight excluding hydrogens is 292 g/mol. The average molecular weight is 305 g/mol. The van der Waals surface area contributed by atoms with Crippen molar-refractivity contribution in [1.82, 2.24) is 0 Å². The van der Waals surface area contributed by atoms with Crippen molar-refractivity contribution < 1.29 is 0 Å². The summed E-state index contributed by atoms with van der Waals surface area (Å²) in [4.78, 5) is 1.42. The molecule has 0 fully saturated rings. The molecule has 0 bridgehead atoms. The van der Waals surface area contributed by atoms with Gasteiger partial charge in [-0.25, -0.2) is 0 Å². The van der Waals surface area contributed by atoms with Crippen LogP contribution in [0.4, 0.5) is 0 Å². The van der Waals surface area contributed by atoms with Gasteiger partial charge in [0, 0.05) is 21.0 Å². The van der Waals surface area contributed by atoms with Gasteiger partial charge in [0.2, 0.25) is 0 Å². The lowest BCUT2D eigenvalue weighted by atomic mass is 9.90. The van der Waals surface area contributed by atoms with Gasteiger partial charge in [0.15, 0.2) is 0 Å². The van der Waals surface area contributed by atoms with E-state index in [1.807, 2.05) is 11.8 Å². The Hall–Kier alpha value is -0.730. The van der Waals surface area contributed by atoms with Crippen LogP contribution in [0.5, 0.6) is 0 Å². The van der Waals surface area contributed by atoms with Crippen molar-refractivity contribution in [3.8, 4) is 0 Å². The molecule has 0 N–H and O–H groups in total. The van der Waals surface area contributed by atoms with E-state index in [0.717, 1.165) is 5.75 Å². The molecule has 0 spiro atoms. The van der Waals surface area contributed by atoms with Crippen LogP contribution in [-0.2, 0) is 5.75 Å². The van der Waals surface area contributed by atoms with Gasteiger partial charge in [-0.2, -0.15) is 0 Å². The number of hydrogen-bond donors (Lipinski definition) is 0. The fourth-order valence-corrected chi connectivity index (χ4v) is 4.34. The summed E-state index contributed by atoms with van der Waals surface area (Å²) in [7, 11) is 0. The van der Waals surface area contributed by atoms with E-state index < -0.39 is 0 Å². The molecule has 0 aliphatic carbocycles. The van der Waals surface area contributed by atoms with Gasteiger partial charge in [-0.3, -0.25) is 0 Å². The molecule has 0 radical (unpaired) electrons. The van der Waals surface area contributed by atoms with Crippen molar-refractivity contribution in [2.45, 2.75) is 23.5 Å². The first-order valence-corrected chi connectivity index (χ1v) is 7.54. The third kappa shape index (κ3) is 1.94. The van der Waals surface area contributed by atoms with Crippen LogP contribution in [0.15, 0.2) is 51.8 Å². The Morgan fingerprint density at radius 1 is 1.06 bits per heavy atom. The molecule has 2 aromatic rings. The van der Waals surface area contributed by atoms with Gasteiger partial charge in [-0.1, -0.05) is 53.2 Å². The second-order valence-corrected chi connectivity index (χ2v) is 6.23. The number of benzene rings is 2. The first-order chi connectivity index (χ1) is 8.27. The lowest BCUT2D eigenvalue weighted by molar-refractivity contribution is 0.889. The predicted octanol–water partition coefficient (Wildman–Crippen LogP) is 5.21. The Morgan fingerprint density at radius 2 is 1.82 bits per heavy atom. The smallest absolute Gasteiger partial charge is 0.0246 e. The number of hydrogen-bond acceptors (Lipinski definition) is 1. The minimum Gasteiger partial charge on any atom is -0.121 e. The minimum atomic E-state index is 0.480. The minimum absolute atomic E-state index is 0.480. The van der Waals surface area contributed by atoms with E-state index in [1.165, 1.54) is 26.1 Å². The lowest BCUT2D eigenvalue weighted by Gasteiger charge is -2.15. The van der Waals surface area contributed by atoms with Gasteiger partial charge in [0.05, 0.1) is 0 Å². The molecular formula is C15H13BrS. The highest BCUT2D eigenvalue weighted by atomic mass is 79.9. The molecule has 17 heavy (non-hydrogen) atoms. The third-order valence-electron chi connectivity index (χ3n) is 3.38. The second-order valence-electron chi connectivity index (χ2n) is 4.36. The summed E-state index contributed by atoms with van der Waals surface area (Å²) in [6.45, 7) is 2.30. The van der Waals surface area contributed by atoms with E-state index in [1.54, 1.807) is 0 Å². The number of fused-ring (bicyclic) bond motifs is 2. The number of thioether (sulfide) groups is 1. The summed E-state index contributed by atoms with van der Waals surface area (Å²) in [5.74, 6) is 1.53. The van der Waals surface area contributed by atoms with Crippen molar-refractivity contribution >= 4 is 27.7 Å². The molecule has 0 nitrogen and oxygen atoms in total. The molecule has 2 heteroatoms. The summed E-state index contributed by atoms with van der Waals surface area (Å²) < 4.78 is 1.24. The summed E-state index contributed by atoms with van der Waals surface area (Å²) in [6, 6.07) is 15.3. The highest BCUT2D eigenvalue weighted by Crippen LogP contribution is 2.42. The maximum Gasteiger partial charge on any atom is 0.0246 e. The fourth-order valence-electron chi connectivity index (χ4n) is 2.42. The molecule has 1 unspecified atom stereocenters. The highest BCUT2D eigenvalue weighted by molar-refractivity contribution is 9.10. The molecule has 3 rings (SSSR count). The Bertz CT molecular complexity index is 563. The van der Waals surface area contributed by atoms with Crippen LogP contribution in [0.2, 0.25) is 0 Å². The SMILES string of the molecule is CC1c2ccccc2SCc2c(Br)cccc21. The van der Waals surface area contributed by atoms with E-state index in [0.29, 0.717) is 5.92 Å². The van der Waals surface area contributed by atoms with Gasteiger partial charge < -0.3 is 0 Å². The van der Waals surface area contributed by atoms with Crippen molar-refractivity contribution in [1.29, 1.82) is 0 Å². The van der Waals surface area contributed by atoms with Gasteiger partial charge in [0.25, 0.3) is 0 Å². The zero-order chi connectivity index (χ0) is 11.8. The van der Waals surface area contributed by atoms with E-state index in [2.05, 4.69) is 65.3 Å². The zero-order valence-electron chi connectivity index (χ0n) is 9.61. The maximum atomic E-state index is 3.68. The monoisotopic (exact) mass is 304 g/mol. The topological polar surface area (TPSA) is 0 Å². The second kappa shape index (κ2) is 4.51. The lowest BCUT2D eigenvalue weighted by Crippen LogP contribution is -1.99. The van der Waals surface area contributed by atoms with Crippen LogP contribution in [0, 0.1) is 0 Å². The average Bonchev–Trinajstić information content (AvgIpc) is 2.50. The van der Waals surface area contributed by atoms with E-state index in [-0.39, 0.29) is 0 Å². The molecule has 0 aromatic heterocycles. The van der Waals surface area contributed by atoms with E-state index in [9.17, 15) is 0 Å². The first kappa shape index (κ1) is 11.4. The number of halogens is 1. The summed E-state index contributed by atoms with van der Waals surface area (Å²) in [5.41, 5.74) is 4.35. The molecule has 1 atom stereocenters. The van der Waals surface area contributed by atoms with Crippen LogP contribution in [0.25, 0.3) is 0 Å². The Morgan fingerprint density at radius 3 is 2.71 bits per heavy atom. The van der Waals surface area contributed by atoms with Crippen LogP contribution < -0.4 is 0 Å². The first-order valence-electron chi connectivity index (χ1n) is 5.76. The molecule has 1 aliphatic heterocycles. The quantitative estimate of drug-likeness (QED) is 0.644. The number of rotatable bonds is 0. The molecule has 1 aliphatic rings. The Balaban J connectivity index is 2.20. The van der Waals surface area contributed by atoms with E-state index >= 15 is 0 Å². The van der Waals surface area contributed by atoms with Crippen LogP contribution in [-0.4, -0.2) is 0 Å². The van der Waals surface area contributed by atoms with E-state index in [4.69, 9.17) is 0 Å². The summed E-state index contributed by atoms with van der Waals surface area (Å²) in [6.07, 6.45) is 0. The van der Waals surface area contributed by atoms with Crippen LogP contribution in [0.3, 0.4) is 0 Å². The Labute approximate surface area is 115 Å². The van der Waals surface area contributed by atoms with Crippen molar-refractivity contribution in [3.63, 3.8) is 0 Å². The standard InChI is InChI=1S/C15H13BrS/c1-10-11-6-4-7-14(16)13(11)9-17-15-8-3-2-5-12(10)15/h2-8,10H,9H2,1H3. The fraction of sp³-hybridized carbons (Fsp3) is 0.200. The Kier molecular flexibility index (Phi) is 3.01. The van der Waals surface area contributed by atoms with Crippen molar-refractivity contribution in [2.75, 3.05) is 0 Å². The largest absolute Gasteiger partial charge is 0.121 e. The molecule has 1 heterocycles. The van der Waals surface area contributed by atoms with Crippen LogP contribution >= 0.6 is 27.7 Å². The molecule has 2 aromatic carbocycles. The summed E-state index contributed by atoms with van der Waals surface area (Å²) in [5, 5.41) is 0. The van der Waals surface area contributed by atoms with Crippen LogP contribution in [0.1, 0.15) is 29.5 Å². The highest BCUT2D eigenvalue weighted by Gasteiger charge is 2.21. The van der Waals surface area contributed by atoms with Gasteiger partial charge in [-0.05, 0) is 28.8 Å². The maximum absolute atomic E-state index is 3.68. The summed E-state index contributed by atoms with van der Waals surface area (Å²) >= 11 is 5.62. The predicted molar refractivity (Wildman–Crippen MR) is 77.7 cm³/mol. The molecule has 0 saturated heterocycles. The third-order valence-corrected chi connectivity index (χ3v) is 5.24. The van der Waals surface area contributed by atoms with Gasteiger partial charge in [-0.15, -0.1) is 11.8 Å². The molecule has 0 amide bonds. The normalized spacial score (nSPS) is 18.1.